The van der Waals surface area contributed by atoms with Crippen molar-refractivity contribution in [3.05, 3.63) is 0 Å². The molecule has 1 aliphatic carbocycles. The molecule has 1 saturated carbocycles. The molecule has 0 aromatic rings. The van der Waals surface area contributed by atoms with Gasteiger partial charge in [-0.05, 0) is 12.8 Å². The van der Waals surface area contributed by atoms with Crippen molar-refractivity contribution in [1.29, 1.82) is 0 Å². The van der Waals surface area contributed by atoms with Gasteiger partial charge >= 0.3 is 0 Å². The first-order valence-electron chi connectivity index (χ1n) is 2.77. The van der Waals surface area contributed by atoms with Gasteiger partial charge in [0.1, 0.15) is 0 Å². The minimum absolute atomic E-state index is 0.132. The zero-order chi connectivity index (χ0) is 5.98. The van der Waals surface area contributed by atoms with Gasteiger partial charge in [-0.25, -0.2) is 0 Å². The lowest BCUT2D eigenvalue weighted by Crippen LogP contribution is -2.29. The first kappa shape index (κ1) is 5.72. The average molecular weight is 115 g/mol. The normalized spacial score (nSPS) is 29.1. The van der Waals surface area contributed by atoms with E-state index < -0.39 is 0 Å². The molecule has 0 spiro atoms. The maximum Gasteiger partial charge on any atom is 0.152 e. The average Bonchev–Trinajstić information content (AvgIpc) is 2.14. The zero-order valence-electron chi connectivity index (χ0n) is 4.55. The Balaban J connectivity index is 2.42. The third-order valence-electron chi connectivity index (χ3n) is 1.46. The molecule has 0 aromatic carbocycles. The Morgan fingerprint density at radius 2 is 2.50 bits per heavy atom. The Morgan fingerprint density at radius 1 is 1.75 bits per heavy atom. The summed E-state index contributed by atoms with van der Waals surface area (Å²) in [6.07, 6.45) is 2.32. The van der Waals surface area contributed by atoms with E-state index in [0.29, 0.717) is 6.42 Å². The highest BCUT2D eigenvalue weighted by Crippen LogP contribution is 2.12. The third kappa shape index (κ3) is 0.877. The van der Waals surface area contributed by atoms with Gasteiger partial charge in [0.05, 0.1) is 6.04 Å². The molecule has 0 saturated heterocycles. The van der Waals surface area contributed by atoms with E-state index in [1.807, 2.05) is 5.48 Å². The van der Waals surface area contributed by atoms with Crippen molar-refractivity contribution in [2.75, 3.05) is 0 Å². The van der Waals surface area contributed by atoms with E-state index in [1.165, 1.54) is 0 Å². The maximum absolute atomic E-state index is 10.6. The summed E-state index contributed by atoms with van der Waals surface area (Å²) in [6.45, 7) is 0. The SMILES string of the molecule is O=C1CCCC1NO. The molecule has 8 heavy (non-hydrogen) atoms. The van der Waals surface area contributed by atoms with Gasteiger partial charge in [-0.2, -0.15) is 5.48 Å². The minimum Gasteiger partial charge on any atom is -0.316 e. The number of hydroxylamine groups is 1. The van der Waals surface area contributed by atoms with E-state index in [-0.39, 0.29) is 11.8 Å². The van der Waals surface area contributed by atoms with E-state index in [2.05, 4.69) is 0 Å². The van der Waals surface area contributed by atoms with Crippen molar-refractivity contribution in [1.82, 2.24) is 5.48 Å². The quantitative estimate of drug-likeness (QED) is 0.476. The van der Waals surface area contributed by atoms with Gasteiger partial charge in [0, 0.05) is 6.42 Å². The number of carbonyl (C=O) groups is 1. The molecule has 0 radical (unpaired) electrons. The fraction of sp³-hybridized carbons (Fsp3) is 0.800. The van der Waals surface area contributed by atoms with Crippen LogP contribution in [0.15, 0.2) is 0 Å². The van der Waals surface area contributed by atoms with Crippen molar-refractivity contribution in [2.45, 2.75) is 25.3 Å². The van der Waals surface area contributed by atoms with E-state index in [1.54, 1.807) is 0 Å². The van der Waals surface area contributed by atoms with Gasteiger partial charge in [0.2, 0.25) is 0 Å². The summed E-state index contributed by atoms with van der Waals surface area (Å²) >= 11 is 0. The van der Waals surface area contributed by atoms with Crippen LogP contribution in [0, 0.1) is 0 Å². The van der Waals surface area contributed by atoms with Crippen LogP contribution >= 0.6 is 0 Å². The fourth-order valence-electron chi connectivity index (χ4n) is 0.952. The molecular formula is C5H9NO2. The van der Waals surface area contributed by atoms with Crippen LogP contribution in [-0.4, -0.2) is 17.0 Å². The van der Waals surface area contributed by atoms with Crippen LogP contribution in [0.5, 0.6) is 0 Å². The molecule has 1 aliphatic rings. The van der Waals surface area contributed by atoms with Crippen molar-refractivity contribution in [3.8, 4) is 0 Å². The molecule has 3 heteroatoms. The summed E-state index contributed by atoms with van der Waals surface area (Å²) in [4.78, 5) is 10.6. The summed E-state index contributed by atoms with van der Waals surface area (Å²) in [5.74, 6) is 0.132. The second-order valence-corrected chi connectivity index (χ2v) is 2.04. The molecule has 46 valence electrons. The van der Waals surface area contributed by atoms with Crippen LogP contribution in [0.2, 0.25) is 0 Å². The number of rotatable bonds is 1. The van der Waals surface area contributed by atoms with Crippen molar-refractivity contribution in [3.63, 3.8) is 0 Å². The smallest absolute Gasteiger partial charge is 0.152 e. The molecule has 2 N–H and O–H groups in total. The van der Waals surface area contributed by atoms with Gasteiger partial charge < -0.3 is 5.21 Å². The van der Waals surface area contributed by atoms with Crippen LogP contribution in [0.1, 0.15) is 19.3 Å². The number of carbonyl (C=O) groups excluding carboxylic acids is 1. The Bertz CT molecular complexity index is 103. The van der Waals surface area contributed by atoms with Crippen molar-refractivity contribution >= 4 is 5.78 Å². The lowest BCUT2D eigenvalue weighted by atomic mass is 10.3. The Labute approximate surface area is 47.7 Å². The van der Waals surface area contributed by atoms with Crippen LogP contribution in [0.3, 0.4) is 0 Å². The minimum atomic E-state index is -0.269. The van der Waals surface area contributed by atoms with E-state index >= 15 is 0 Å². The van der Waals surface area contributed by atoms with Crippen molar-refractivity contribution < 1.29 is 10.0 Å². The van der Waals surface area contributed by atoms with Crippen LogP contribution < -0.4 is 5.48 Å². The lowest BCUT2D eigenvalue weighted by molar-refractivity contribution is -0.121. The lowest BCUT2D eigenvalue weighted by Gasteiger charge is -2.00. The predicted octanol–water partition coefficient (Wildman–Crippen LogP) is 0.0868. The van der Waals surface area contributed by atoms with Gasteiger partial charge in [-0.15, -0.1) is 0 Å². The predicted molar refractivity (Wildman–Crippen MR) is 27.6 cm³/mol. The largest absolute Gasteiger partial charge is 0.316 e. The van der Waals surface area contributed by atoms with E-state index in [9.17, 15) is 4.79 Å². The fourth-order valence-corrected chi connectivity index (χ4v) is 0.952. The van der Waals surface area contributed by atoms with Crippen LogP contribution in [0.25, 0.3) is 0 Å². The van der Waals surface area contributed by atoms with E-state index in [0.717, 1.165) is 12.8 Å². The monoisotopic (exact) mass is 115 g/mol. The molecule has 1 fully saturated rings. The second kappa shape index (κ2) is 2.24. The summed E-state index contributed by atoms with van der Waals surface area (Å²) in [7, 11) is 0. The van der Waals surface area contributed by atoms with Crippen LogP contribution in [-0.2, 0) is 4.79 Å². The second-order valence-electron chi connectivity index (χ2n) is 2.04. The van der Waals surface area contributed by atoms with Gasteiger partial charge in [-0.3, -0.25) is 4.79 Å². The molecule has 0 amide bonds. The van der Waals surface area contributed by atoms with Crippen LogP contribution in [0.4, 0.5) is 0 Å². The topological polar surface area (TPSA) is 49.3 Å². The van der Waals surface area contributed by atoms with E-state index in [4.69, 9.17) is 5.21 Å². The van der Waals surface area contributed by atoms with Gasteiger partial charge in [0.25, 0.3) is 0 Å². The third-order valence-corrected chi connectivity index (χ3v) is 1.46. The summed E-state index contributed by atoms with van der Waals surface area (Å²) < 4.78 is 0. The highest BCUT2D eigenvalue weighted by atomic mass is 16.5. The molecular weight excluding hydrogens is 106 g/mol. The Kier molecular flexibility index (Phi) is 1.60. The first-order chi connectivity index (χ1) is 3.84. The summed E-state index contributed by atoms with van der Waals surface area (Å²) in [6, 6.07) is -0.269. The zero-order valence-corrected chi connectivity index (χ0v) is 4.55. The molecule has 0 bridgehead atoms. The van der Waals surface area contributed by atoms with Crippen molar-refractivity contribution in [2.24, 2.45) is 0 Å². The molecule has 0 aromatic heterocycles. The van der Waals surface area contributed by atoms with Gasteiger partial charge in [0.15, 0.2) is 5.78 Å². The molecule has 3 nitrogen and oxygen atoms in total. The van der Waals surface area contributed by atoms with Gasteiger partial charge in [-0.1, -0.05) is 0 Å². The molecule has 0 heterocycles. The summed E-state index contributed by atoms with van der Waals surface area (Å²) in [5.41, 5.74) is 1.96. The number of Topliss-reactive ketones (excluding diaryl/α,β-unsaturated/α-hetero) is 1. The number of ketones is 1. The molecule has 1 rings (SSSR count). The molecule has 0 aliphatic heterocycles. The maximum atomic E-state index is 10.6. The first-order valence-corrected chi connectivity index (χ1v) is 2.77. The Hall–Kier alpha value is -0.410. The molecule has 1 unspecified atom stereocenters. The highest BCUT2D eigenvalue weighted by Gasteiger charge is 2.22. The highest BCUT2D eigenvalue weighted by molar-refractivity contribution is 5.85. The number of hydrogen-bond acceptors (Lipinski definition) is 3. The molecule has 1 atom stereocenters. The Morgan fingerprint density at radius 3 is 2.75 bits per heavy atom. The number of hydrogen-bond donors (Lipinski definition) is 2. The summed E-state index contributed by atoms with van der Waals surface area (Å²) in [5, 5.41) is 8.27. The number of nitrogens with one attached hydrogen (secondary N) is 1. The standard InChI is InChI=1S/C5H9NO2/c7-5-3-1-2-4(5)6-8/h4,6,8H,1-3H2.